The van der Waals surface area contributed by atoms with Crippen molar-refractivity contribution in [2.45, 2.75) is 11.3 Å². The van der Waals surface area contributed by atoms with Gasteiger partial charge in [0.2, 0.25) is 10.0 Å². The van der Waals surface area contributed by atoms with Crippen LogP contribution in [0.4, 0.5) is 5.82 Å². The summed E-state index contributed by atoms with van der Waals surface area (Å²) in [7, 11) is -3.54. The Hall–Kier alpha value is -1.44. The number of pyridine rings is 1. The molecule has 0 aliphatic rings. The van der Waals surface area contributed by atoms with E-state index in [-0.39, 0.29) is 17.3 Å². The van der Waals surface area contributed by atoms with Gasteiger partial charge in [-0.05, 0) is 18.6 Å². The van der Waals surface area contributed by atoms with Crippen LogP contribution in [0.15, 0.2) is 35.9 Å². The van der Waals surface area contributed by atoms with Crippen molar-refractivity contribution >= 4 is 15.8 Å². The lowest BCUT2D eigenvalue weighted by Crippen LogP contribution is -2.27. The van der Waals surface area contributed by atoms with E-state index in [1.54, 1.807) is 6.08 Å². The average molecular weight is 271 g/mol. The normalized spacial score (nSPS) is 11.3. The first kappa shape index (κ1) is 14.6. The van der Waals surface area contributed by atoms with Crippen LogP contribution in [0, 0.1) is 0 Å². The summed E-state index contributed by atoms with van der Waals surface area (Å²) in [5.74, 6) is 0.279. The van der Waals surface area contributed by atoms with Crippen LogP contribution in [0.25, 0.3) is 0 Å². The van der Waals surface area contributed by atoms with Crippen molar-refractivity contribution in [2.75, 3.05) is 25.5 Å². The van der Waals surface area contributed by atoms with E-state index < -0.39 is 10.0 Å². The maximum Gasteiger partial charge on any atom is 0.242 e. The Morgan fingerprint density at radius 3 is 2.83 bits per heavy atom. The van der Waals surface area contributed by atoms with Gasteiger partial charge in [-0.2, -0.15) is 0 Å². The number of nitrogen functional groups attached to an aromatic ring is 1. The minimum absolute atomic E-state index is 0.0859. The first-order valence-corrected chi connectivity index (χ1v) is 6.94. The standard InChI is InChI=1S/C11H17N3O3S/c1-2-3-7-17-8-6-14-18(15,16)10-4-5-11(12)13-9-10/h2,4-5,9,14H,1,3,6-8H2,(H2,12,13). The molecule has 0 aliphatic heterocycles. The number of hydrogen-bond acceptors (Lipinski definition) is 5. The van der Waals surface area contributed by atoms with Gasteiger partial charge in [-0.15, -0.1) is 6.58 Å². The molecule has 0 spiro atoms. The van der Waals surface area contributed by atoms with E-state index in [4.69, 9.17) is 10.5 Å². The number of aromatic nitrogens is 1. The summed E-state index contributed by atoms with van der Waals surface area (Å²) in [6.07, 6.45) is 3.70. The lowest BCUT2D eigenvalue weighted by Gasteiger charge is -2.06. The molecule has 0 radical (unpaired) electrons. The first-order chi connectivity index (χ1) is 8.56. The van der Waals surface area contributed by atoms with E-state index in [1.165, 1.54) is 18.3 Å². The minimum atomic E-state index is -3.54. The molecule has 1 rings (SSSR count). The van der Waals surface area contributed by atoms with Gasteiger partial charge in [0.25, 0.3) is 0 Å². The molecule has 1 heterocycles. The Bertz CT molecular complexity index is 471. The van der Waals surface area contributed by atoms with Gasteiger partial charge in [0, 0.05) is 12.7 Å². The zero-order chi connectivity index (χ0) is 13.4. The summed E-state index contributed by atoms with van der Waals surface area (Å²) >= 11 is 0. The number of sulfonamides is 1. The molecule has 0 aliphatic carbocycles. The Kier molecular flexibility index (Phi) is 5.76. The zero-order valence-electron chi connectivity index (χ0n) is 10.0. The fourth-order valence-electron chi connectivity index (χ4n) is 1.15. The van der Waals surface area contributed by atoms with E-state index >= 15 is 0 Å². The largest absolute Gasteiger partial charge is 0.384 e. The second-order valence-electron chi connectivity index (χ2n) is 3.51. The van der Waals surface area contributed by atoms with Gasteiger partial charge in [0.15, 0.2) is 0 Å². The number of anilines is 1. The maximum atomic E-state index is 11.8. The predicted octanol–water partition coefficient (Wildman–Crippen LogP) is 0.535. The molecule has 0 atom stereocenters. The fourth-order valence-corrected chi connectivity index (χ4v) is 2.11. The van der Waals surface area contributed by atoms with E-state index in [0.29, 0.717) is 13.2 Å². The van der Waals surface area contributed by atoms with Gasteiger partial charge >= 0.3 is 0 Å². The molecule has 0 unspecified atom stereocenters. The Morgan fingerprint density at radius 1 is 1.44 bits per heavy atom. The van der Waals surface area contributed by atoms with Gasteiger partial charge in [0.05, 0.1) is 13.2 Å². The monoisotopic (exact) mass is 271 g/mol. The maximum absolute atomic E-state index is 11.8. The third kappa shape index (κ3) is 4.82. The fraction of sp³-hybridized carbons (Fsp3) is 0.364. The molecule has 0 aromatic carbocycles. The third-order valence-electron chi connectivity index (χ3n) is 2.07. The highest BCUT2D eigenvalue weighted by atomic mass is 32.2. The van der Waals surface area contributed by atoms with Crippen LogP contribution < -0.4 is 10.5 Å². The van der Waals surface area contributed by atoms with E-state index in [9.17, 15) is 8.42 Å². The van der Waals surface area contributed by atoms with Crippen LogP contribution >= 0.6 is 0 Å². The first-order valence-electron chi connectivity index (χ1n) is 5.46. The predicted molar refractivity (Wildman–Crippen MR) is 69.5 cm³/mol. The average Bonchev–Trinajstić information content (AvgIpc) is 2.34. The highest BCUT2D eigenvalue weighted by molar-refractivity contribution is 7.89. The van der Waals surface area contributed by atoms with Gasteiger partial charge in [-0.3, -0.25) is 0 Å². The lowest BCUT2D eigenvalue weighted by molar-refractivity contribution is 0.144. The quantitative estimate of drug-likeness (QED) is 0.531. The van der Waals surface area contributed by atoms with Gasteiger partial charge < -0.3 is 10.5 Å². The summed E-state index contributed by atoms with van der Waals surface area (Å²) in [5.41, 5.74) is 5.38. The van der Waals surface area contributed by atoms with Crippen LogP contribution in [0.3, 0.4) is 0 Å². The summed E-state index contributed by atoms with van der Waals surface area (Å²) in [6.45, 7) is 4.62. The minimum Gasteiger partial charge on any atom is -0.384 e. The van der Waals surface area contributed by atoms with Crippen LogP contribution in [0.2, 0.25) is 0 Å². The molecule has 1 aromatic rings. The molecule has 0 bridgehead atoms. The molecule has 3 N–H and O–H groups in total. The summed E-state index contributed by atoms with van der Waals surface area (Å²) in [5, 5.41) is 0. The topological polar surface area (TPSA) is 94.3 Å². The van der Waals surface area contributed by atoms with E-state index in [2.05, 4.69) is 16.3 Å². The molecule has 0 saturated carbocycles. The van der Waals surface area contributed by atoms with Crippen molar-refractivity contribution in [3.63, 3.8) is 0 Å². The molecule has 6 nitrogen and oxygen atoms in total. The molecule has 0 saturated heterocycles. The number of nitrogens with one attached hydrogen (secondary N) is 1. The van der Waals surface area contributed by atoms with Crippen molar-refractivity contribution in [1.29, 1.82) is 0 Å². The molecule has 7 heteroatoms. The van der Waals surface area contributed by atoms with Crippen LogP contribution in [0.1, 0.15) is 6.42 Å². The summed E-state index contributed by atoms with van der Waals surface area (Å²) in [4.78, 5) is 3.82. The van der Waals surface area contributed by atoms with Gasteiger partial charge in [-0.25, -0.2) is 18.1 Å². The number of ether oxygens (including phenoxy) is 1. The lowest BCUT2D eigenvalue weighted by atomic mass is 10.5. The highest BCUT2D eigenvalue weighted by Gasteiger charge is 2.13. The number of nitrogens with two attached hydrogens (primary N) is 1. The molecule has 100 valence electrons. The van der Waals surface area contributed by atoms with E-state index in [1.807, 2.05) is 0 Å². The van der Waals surface area contributed by atoms with Crippen LogP contribution in [0.5, 0.6) is 0 Å². The smallest absolute Gasteiger partial charge is 0.242 e. The van der Waals surface area contributed by atoms with Crippen molar-refractivity contribution in [2.24, 2.45) is 0 Å². The summed E-state index contributed by atoms with van der Waals surface area (Å²) in [6, 6.07) is 2.85. The third-order valence-corrected chi connectivity index (χ3v) is 3.52. The van der Waals surface area contributed by atoms with Gasteiger partial charge in [-0.1, -0.05) is 6.08 Å². The molecular weight excluding hydrogens is 254 g/mol. The molecular formula is C11H17N3O3S. The van der Waals surface area contributed by atoms with Crippen molar-refractivity contribution < 1.29 is 13.2 Å². The second kappa shape index (κ2) is 7.10. The van der Waals surface area contributed by atoms with Crippen molar-refractivity contribution in [3.05, 3.63) is 31.0 Å². The van der Waals surface area contributed by atoms with Crippen molar-refractivity contribution in [1.82, 2.24) is 9.71 Å². The highest BCUT2D eigenvalue weighted by Crippen LogP contribution is 2.07. The molecule has 18 heavy (non-hydrogen) atoms. The molecule has 0 amide bonds. The Balaban J connectivity index is 2.40. The molecule has 0 fully saturated rings. The van der Waals surface area contributed by atoms with Crippen LogP contribution in [-0.4, -0.2) is 33.2 Å². The Labute approximate surface area is 107 Å². The van der Waals surface area contributed by atoms with E-state index in [0.717, 1.165) is 6.42 Å². The van der Waals surface area contributed by atoms with Crippen LogP contribution in [-0.2, 0) is 14.8 Å². The Morgan fingerprint density at radius 2 is 2.22 bits per heavy atom. The second-order valence-corrected chi connectivity index (χ2v) is 5.27. The van der Waals surface area contributed by atoms with Gasteiger partial charge in [0.1, 0.15) is 10.7 Å². The SMILES string of the molecule is C=CCCOCCNS(=O)(=O)c1ccc(N)nc1. The van der Waals surface area contributed by atoms with Crippen molar-refractivity contribution in [3.8, 4) is 0 Å². The number of nitrogens with zero attached hydrogens (tertiary/aromatic N) is 1. The summed E-state index contributed by atoms with van der Waals surface area (Å²) < 4.78 is 31.1. The zero-order valence-corrected chi connectivity index (χ0v) is 10.8. The number of hydrogen-bond donors (Lipinski definition) is 2. The number of rotatable bonds is 8. The molecule has 1 aromatic heterocycles.